The number of phenolic OH excluding ortho intramolecular Hbond substituents is 2. The Bertz CT molecular complexity index is 1780. The van der Waals surface area contributed by atoms with Gasteiger partial charge in [0.15, 0.2) is 0 Å². The summed E-state index contributed by atoms with van der Waals surface area (Å²) in [6.07, 6.45) is 8.85. The van der Waals surface area contributed by atoms with Gasteiger partial charge in [-0.25, -0.2) is 9.59 Å². The molecule has 0 bridgehead atoms. The van der Waals surface area contributed by atoms with Gasteiger partial charge < -0.3 is 30.6 Å². The van der Waals surface area contributed by atoms with Gasteiger partial charge in [-0.05, 0) is 111 Å². The van der Waals surface area contributed by atoms with Crippen molar-refractivity contribution in [2.24, 2.45) is 9.98 Å². The third-order valence-corrected chi connectivity index (χ3v) is 8.47. The molecule has 0 saturated carbocycles. The molecular formula is C43H52N2O8Pd. The van der Waals surface area contributed by atoms with E-state index >= 15 is 0 Å². The van der Waals surface area contributed by atoms with Crippen molar-refractivity contribution in [3.63, 3.8) is 0 Å². The molecule has 0 heterocycles. The number of unbranched alkanes of at least 4 members (excludes halogenated alkanes) is 3. The molecule has 0 saturated heterocycles. The molecule has 0 unspecified atom stereocenters. The first-order valence-corrected chi connectivity index (χ1v) is 18.1. The van der Waals surface area contributed by atoms with Gasteiger partial charge >= 0.3 is 32.4 Å². The van der Waals surface area contributed by atoms with Crippen LogP contribution in [0.5, 0.6) is 23.0 Å². The van der Waals surface area contributed by atoms with E-state index in [-0.39, 0.29) is 31.5 Å². The Kier molecular flexibility index (Phi) is 21.2. The molecule has 0 spiro atoms. The Morgan fingerprint density at radius 3 is 1.26 bits per heavy atom. The molecule has 0 fully saturated rings. The van der Waals surface area contributed by atoms with Gasteiger partial charge in [0.05, 0.1) is 33.9 Å². The predicted molar refractivity (Wildman–Crippen MR) is 208 cm³/mol. The second-order valence-electron chi connectivity index (χ2n) is 12.5. The van der Waals surface area contributed by atoms with Gasteiger partial charge in [0, 0.05) is 0 Å². The number of carboxylic acid groups (broad SMARTS) is 2. The average Bonchev–Trinajstić information content (AvgIpc) is 3.13. The topological polar surface area (TPSA) is 186 Å². The van der Waals surface area contributed by atoms with Crippen molar-refractivity contribution < 1.29 is 60.7 Å². The summed E-state index contributed by atoms with van der Waals surface area (Å²) in [7, 11) is 0. The van der Waals surface area contributed by atoms with Crippen LogP contribution in [0.3, 0.4) is 0 Å². The number of aliphatic imine (C=N–C) groups is 2. The Hall–Kier alpha value is -4.98. The van der Waals surface area contributed by atoms with E-state index < -0.39 is 34.9 Å². The quantitative estimate of drug-likeness (QED) is 0.0550. The number of para-hydroxylation sites is 2. The molecule has 0 aromatic heterocycles. The van der Waals surface area contributed by atoms with Crippen LogP contribution in [0, 0.1) is 13.8 Å². The van der Waals surface area contributed by atoms with Gasteiger partial charge in [0.2, 0.25) is 0 Å². The van der Waals surface area contributed by atoms with Crippen molar-refractivity contribution in [1.82, 2.24) is 0 Å². The number of rotatable bonds is 14. The van der Waals surface area contributed by atoms with E-state index in [2.05, 4.69) is 38.1 Å². The van der Waals surface area contributed by atoms with Gasteiger partial charge in [-0.2, -0.15) is 0 Å². The fourth-order valence-corrected chi connectivity index (χ4v) is 5.74. The van der Waals surface area contributed by atoms with Crippen LogP contribution in [0.1, 0.15) is 116 Å². The summed E-state index contributed by atoms with van der Waals surface area (Å²) >= 11 is 0. The zero-order valence-corrected chi connectivity index (χ0v) is 33.5. The van der Waals surface area contributed by atoms with Crippen LogP contribution < -0.4 is 10.2 Å². The summed E-state index contributed by atoms with van der Waals surface area (Å²) < 4.78 is 0. The van der Waals surface area contributed by atoms with E-state index in [0.717, 1.165) is 42.1 Å². The standard InChI is InChI=1S/C23H30N2.2C10H12O4.Pd/c1-3-5-9-19-23(25-21-16-12-8-13-17-21)22(18-6-4-2)24-20-14-10-7-11-15-20;2*1-3-6-5(2)4-7(11)9(12)8(6)10(13)14;/h7-8,10-17H,3-6,9,18-19H2,1-2H3;2*4,11-12H,3H2,1-2H3,(H,13,14);/q;;;+2/p-2. The fourth-order valence-electron chi connectivity index (χ4n) is 5.74. The van der Waals surface area contributed by atoms with Crippen molar-refractivity contribution >= 4 is 34.7 Å². The van der Waals surface area contributed by atoms with Crippen molar-refractivity contribution in [1.29, 1.82) is 0 Å². The number of benzene rings is 4. The van der Waals surface area contributed by atoms with E-state index in [0.29, 0.717) is 35.1 Å². The van der Waals surface area contributed by atoms with Gasteiger partial charge in [0.25, 0.3) is 0 Å². The second kappa shape index (κ2) is 24.4. The fraction of sp³-hybridized carbons (Fsp3) is 0.349. The van der Waals surface area contributed by atoms with Crippen molar-refractivity contribution in [2.45, 2.75) is 99.3 Å². The van der Waals surface area contributed by atoms with E-state index in [4.69, 9.17) is 20.2 Å². The third kappa shape index (κ3) is 14.1. The monoisotopic (exact) mass is 830 g/mol. The maximum absolute atomic E-state index is 11.3. The molecule has 54 heavy (non-hydrogen) atoms. The zero-order chi connectivity index (χ0) is 39.5. The first kappa shape index (κ1) is 47.0. The van der Waals surface area contributed by atoms with E-state index in [1.165, 1.54) is 37.8 Å². The minimum absolute atomic E-state index is 0. The molecule has 0 radical (unpaired) electrons. The number of aromatic hydroxyl groups is 2. The molecule has 4 N–H and O–H groups in total. The molecule has 0 aliphatic rings. The predicted octanol–water partition coefficient (Wildman–Crippen LogP) is 9.37. The summed E-state index contributed by atoms with van der Waals surface area (Å²) in [5.41, 5.74) is 5.93. The number of aryl methyl sites for hydroxylation is 2. The Labute approximate surface area is 332 Å². The minimum atomic E-state index is -1.29. The van der Waals surface area contributed by atoms with E-state index in [1.807, 2.05) is 36.4 Å². The van der Waals surface area contributed by atoms with Gasteiger partial charge in [-0.15, -0.1) is 0 Å². The van der Waals surface area contributed by atoms with Crippen LogP contribution in [0.4, 0.5) is 11.4 Å². The first-order valence-electron chi connectivity index (χ1n) is 18.1. The molecule has 4 rings (SSSR count). The smallest absolute Gasteiger partial charge is 0.869 e. The van der Waals surface area contributed by atoms with Crippen molar-refractivity contribution in [3.8, 4) is 23.0 Å². The van der Waals surface area contributed by atoms with E-state index in [1.54, 1.807) is 27.7 Å². The molecule has 10 nitrogen and oxygen atoms in total. The number of carbonyl (C=O) groups is 2. The summed E-state index contributed by atoms with van der Waals surface area (Å²) in [4.78, 5) is 31.5. The molecule has 11 heteroatoms. The Morgan fingerprint density at radius 1 is 0.593 bits per heavy atom. The van der Waals surface area contributed by atoms with Crippen LogP contribution in [0.25, 0.3) is 0 Å². The van der Waals surface area contributed by atoms with Crippen LogP contribution in [0.15, 0.2) is 82.8 Å². The number of aromatic carboxylic acids is 2. The van der Waals surface area contributed by atoms with Crippen molar-refractivity contribution in [3.05, 3.63) is 106 Å². The molecule has 0 atom stereocenters. The molecule has 4 aromatic carbocycles. The first-order chi connectivity index (χ1) is 25.3. The Morgan fingerprint density at radius 2 is 0.944 bits per heavy atom. The summed E-state index contributed by atoms with van der Waals surface area (Å²) in [6.45, 7) is 11.3. The summed E-state index contributed by atoms with van der Waals surface area (Å²) in [6, 6.07) is 23.1. The molecule has 0 amide bonds. The van der Waals surface area contributed by atoms with Crippen LogP contribution in [-0.4, -0.2) is 43.8 Å². The molecular weight excluding hydrogens is 779 g/mol. The number of carboxylic acids is 2. The Balaban J connectivity index is 0.000000431. The van der Waals surface area contributed by atoms with Crippen LogP contribution >= 0.6 is 0 Å². The third-order valence-electron chi connectivity index (χ3n) is 8.47. The maximum Gasteiger partial charge on any atom is 2.00 e. The molecule has 4 aromatic rings. The largest absolute Gasteiger partial charge is 2.00 e. The number of nitrogens with zero attached hydrogens (tertiary/aromatic N) is 2. The maximum atomic E-state index is 11.3. The normalized spacial score (nSPS) is 11.0. The number of hydrogen-bond donors (Lipinski definition) is 4. The van der Waals surface area contributed by atoms with E-state index in [9.17, 15) is 30.0 Å². The van der Waals surface area contributed by atoms with Crippen molar-refractivity contribution in [2.75, 3.05) is 0 Å². The summed E-state index contributed by atoms with van der Waals surface area (Å²) in [5, 5.41) is 58.6. The minimum Gasteiger partial charge on any atom is -0.869 e. The number of hydrogen-bond acceptors (Lipinski definition) is 8. The molecule has 0 aliphatic carbocycles. The second-order valence-corrected chi connectivity index (χ2v) is 12.5. The average molecular weight is 831 g/mol. The summed E-state index contributed by atoms with van der Waals surface area (Å²) in [5.74, 6) is -5.19. The molecule has 0 aliphatic heterocycles. The van der Waals surface area contributed by atoms with Gasteiger partial charge in [-0.3, -0.25) is 9.98 Å². The van der Waals surface area contributed by atoms with Crippen LogP contribution in [-0.2, 0) is 33.3 Å². The SMILES string of the molecule is CCCCCC(=Nc1ccccc1)C(CCCC)=Nc1ccccc1.CCc1c(C)cc(O)c([O-])c1C(=O)O.CCc1c(C)cc(O)c([O-])c1C(=O)O.[Pd+2]. The van der Waals surface area contributed by atoms with Gasteiger partial charge in [-0.1, -0.05) is 94.9 Å². The van der Waals surface area contributed by atoms with Gasteiger partial charge in [0.1, 0.15) is 11.5 Å². The zero-order valence-electron chi connectivity index (χ0n) is 31.9. The molecule has 292 valence electrons. The van der Waals surface area contributed by atoms with Crippen LogP contribution in [0.2, 0.25) is 0 Å². The number of phenols is 2.